The molecule has 114 valence electrons. The molecule has 0 radical (unpaired) electrons. The zero-order valence-corrected chi connectivity index (χ0v) is 14.0. The van der Waals surface area contributed by atoms with Crippen molar-refractivity contribution in [2.75, 3.05) is 13.7 Å². The summed E-state index contributed by atoms with van der Waals surface area (Å²) in [6, 6.07) is 5.36. The molecule has 1 fully saturated rings. The Balaban J connectivity index is 2.20. The van der Waals surface area contributed by atoms with Crippen LogP contribution in [0.15, 0.2) is 22.7 Å². The number of hydrogen-bond donors (Lipinski definition) is 0. The summed E-state index contributed by atoms with van der Waals surface area (Å²) >= 11 is 3.41. The van der Waals surface area contributed by atoms with E-state index in [-0.39, 0.29) is 17.7 Å². The summed E-state index contributed by atoms with van der Waals surface area (Å²) in [5, 5.41) is 0. The van der Waals surface area contributed by atoms with E-state index in [9.17, 15) is 9.59 Å². The number of carbonyl (C=O) groups excluding carboxylic acids is 2. The van der Waals surface area contributed by atoms with Crippen molar-refractivity contribution in [1.29, 1.82) is 0 Å². The van der Waals surface area contributed by atoms with Gasteiger partial charge < -0.3 is 9.64 Å². The fourth-order valence-electron chi connectivity index (χ4n) is 2.78. The molecule has 1 aliphatic rings. The Morgan fingerprint density at radius 1 is 1.38 bits per heavy atom. The molecular formula is C16H20BrNO3. The van der Waals surface area contributed by atoms with E-state index in [0.717, 1.165) is 30.3 Å². The highest BCUT2D eigenvalue weighted by molar-refractivity contribution is 9.10. The second-order valence-electron chi connectivity index (χ2n) is 5.40. The van der Waals surface area contributed by atoms with E-state index >= 15 is 0 Å². The van der Waals surface area contributed by atoms with Gasteiger partial charge in [-0.1, -0.05) is 0 Å². The number of hydrogen-bond acceptors (Lipinski definition) is 3. The van der Waals surface area contributed by atoms with Crippen molar-refractivity contribution in [2.45, 2.75) is 38.6 Å². The van der Waals surface area contributed by atoms with Gasteiger partial charge in [0.15, 0.2) is 0 Å². The Morgan fingerprint density at radius 3 is 2.76 bits per heavy atom. The molecule has 1 aromatic carbocycles. The van der Waals surface area contributed by atoms with Crippen LogP contribution in [0, 0.1) is 0 Å². The van der Waals surface area contributed by atoms with Crippen molar-refractivity contribution in [2.24, 2.45) is 0 Å². The number of halogens is 1. The number of ketones is 1. The van der Waals surface area contributed by atoms with Crippen LogP contribution in [0.25, 0.3) is 0 Å². The van der Waals surface area contributed by atoms with Crippen molar-refractivity contribution >= 4 is 27.6 Å². The smallest absolute Gasteiger partial charge is 0.254 e. The molecule has 4 nitrogen and oxygen atoms in total. The third kappa shape index (κ3) is 3.84. The van der Waals surface area contributed by atoms with Gasteiger partial charge in [0.25, 0.3) is 5.91 Å². The van der Waals surface area contributed by atoms with Gasteiger partial charge in [0.1, 0.15) is 11.5 Å². The summed E-state index contributed by atoms with van der Waals surface area (Å²) in [6.45, 7) is 2.31. The molecule has 0 aliphatic carbocycles. The predicted octanol–water partition coefficient (Wildman–Crippen LogP) is 3.43. The van der Waals surface area contributed by atoms with E-state index in [1.54, 1.807) is 32.2 Å². The van der Waals surface area contributed by atoms with Crippen molar-refractivity contribution < 1.29 is 14.3 Å². The van der Waals surface area contributed by atoms with Gasteiger partial charge in [0, 0.05) is 24.6 Å². The summed E-state index contributed by atoms with van der Waals surface area (Å²) in [6.07, 6.45) is 3.43. The molecule has 1 atom stereocenters. The van der Waals surface area contributed by atoms with Crippen LogP contribution in [0.4, 0.5) is 0 Å². The number of amides is 1. The van der Waals surface area contributed by atoms with Gasteiger partial charge in [0.2, 0.25) is 0 Å². The van der Waals surface area contributed by atoms with Gasteiger partial charge >= 0.3 is 0 Å². The molecule has 1 amide bonds. The van der Waals surface area contributed by atoms with Gasteiger partial charge in [-0.3, -0.25) is 9.59 Å². The third-order valence-corrected chi connectivity index (χ3v) is 4.43. The molecule has 0 spiro atoms. The van der Waals surface area contributed by atoms with Crippen molar-refractivity contribution in [3.05, 3.63) is 28.2 Å². The first-order valence-electron chi connectivity index (χ1n) is 7.17. The van der Waals surface area contributed by atoms with Crippen LogP contribution in [-0.4, -0.2) is 36.3 Å². The minimum absolute atomic E-state index is 0.00990. The second kappa shape index (κ2) is 7.07. The SMILES string of the molecule is COc1ccc(C(=O)N2CCCCC2CC(C)=O)cc1Br. The molecule has 0 saturated carbocycles. The normalized spacial score (nSPS) is 18.4. The Labute approximate surface area is 133 Å². The molecule has 1 aromatic rings. The van der Waals surface area contributed by atoms with E-state index in [1.807, 2.05) is 4.90 Å². The second-order valence-corrected chi connectivity index (χ2v) is 6.26. The maximum Gasteiger partial charge on any atom is 0.254 e. The van der Waals surface area contributed by atoms with Crippen LogP contribution in [0.5, 0.6) is 5.75 Å². The summed E-state index contributed by atoms with van der Waals surface area (Å²) < 4.78 is 5.94. The summed E-state index contributed by atoms with van der Waals surface area (Å²) in [7, 11) is 1.59. The quantitative estimate of drug-likeness (QED) is 0.832. The zero-order chi connectivity index (χ0) is 15.4. The average Bonchev–Trinajstić information content (AvgIpc) is 2.46. The van der Waals surface area contributed by atoms with Crippen LogP contribution in [0.3, 0.4) is 0 Å². The number of Topliss-reactive ketones (excluding diaryl/α,β-unsaturated/α-hetero) is 1. The Hall–Kier alpha value is -1.36. The number of benzene rings is 1. The minimum atomic E-state index is -0.00990. The molecule has 0 bridgehead atoms. The molecule has 1 saturated heterocycles. The highest BCUT2D eigenvalue weighted by Crippen LogP contribution is 2.28. The van der Waals surface area contributed by atoms with Crippen LogP contribution in [-0.2, 0) is 4.79 Å². The maximum absolute atomic E-state index is 12.7. The predicted molar refractivity (Wildman–Crippen MR) is 84.7 cm³/mol. The molecule has 1 heterocycles. The Kier molecular flexibility index (Phi) is 5.39. The first kappa shape index (κ1) is 16.0. The fourth-order valence-corrected chi connectivity index (χ4v) is 3.32. The molecule has 1 aliphatic heterocycles. The molecule has 2 rings (SSSR count). The van der Waals surface area contributed by atoms with Gasteiger partial charge in [-0.15, -0.1) is 0 Å². The molecule has 0 N–H and O–H groups in total. The first-order valence-corrected chi connectivity index (χ1v) is 7.96. The van der Waals surface area contributed by atoms with E-state index in [2.05, 4.69) is 15.9 Å². The largest absolute Gasteiger partial charge is 0.496 e. The van der Waals surface area contributed by atoms with E-state index in [0.29, 0.717) is 17.7 Å². The third-order valence-electron chi connectivity index (χ3n) is 3.81. The Bertz CT molecular complexity index is 544. The van der Waals surface area contributed by atoms with Gasteiger partial charge in [-0.05, 0) is 60.3 Å². The summed E-state index contributed by atoms with van der Waals surface area (Å²) in [5.74, 6) is 0.824. The first-order chi connectivity index (χ1) is 10.0. The van der Waals surface area contributed by atoms with Crippen LogP contribution < -0.4 is 4.74 Å². The van der Waals surface area contributed by atoms with Crippen LogP contribution in [0.2, 0.25) is 0 Å². The number of ether oxygens (including phenoxy) is 1. The summed E-state index contributed by atoms with van der Waals surface area (Å²) in [5.41, 5.74) is 0.623. The van der Waals surface area contributed by atoms with Crippen LogP contribution in [0.1, 0.15) is 43.0 Å². The number of nitrogens with zero attached hydrogens (tertiary/aromatic N) is 1. The lowest BCUT2D eigenvalue weighted by atomic mass is 9.97. The summed E-state index contributed by atoms with van der Waals surface area (Å²) in [4.78, 5) is 25.9. The van der Waals surface area contributed by atoms with Crippen LogP contribution >= 0.6 is 15.9 Å². The number of piperidine rings is 1. The standard InChI is InChI=1S/C16H20BrNO3/c1-11(19)9-13-5-3-4-8-18(13)16(20)12-6-7-15(21-2)14(17)10-12/h6-7,10,13H,3-5,8-9H2,1-2H3. The van der Waals surface area contributed by atoms with Crippen molar-refractivity contribution in [3.8, 4) is 5.75 Å². The number of methoxy groups -OCH3 is 1. The number of likely N-dealkylation sites (tertiary alicyclic amines) is 1. The minimum Gasteiger partial charge on any atom is -0.496 e. The molecule has 0 aromatic heterocycles. The van der Waals surface area contributed by atoms with E-state index in [1.165, 1.54) is 0 Å². The highest BCUT2D eigenvalue weighted by atomic mass is 79.9. The molecular weight excluding hydrogens is 334 g/mol. The zero-order valence-electron chi connectivity index (χ0n) is 12.4. The molecule has 5 heteroatoms. The van der Waals surface area contributed by atoms with Gasteiger partial charge in [-0.2, -0.15) is 0 Å². The maximum atomic E-state index is 12.7. The monoisotopic (exact) mass is 353 g/mol. The van der Waals surface area contributed by atoms with Gasteiger partial charge in [0.05, 0.1) is 11.6 Å². The lowest BCUT2D eigenvalue weighted by Gasteiger charge is -2.35. The lowest BCUT2D eigenvalue weighted by Crippen LogP contribution is -2.44. The topological polar surface area (TPSA) is 46.6 Å². The van der Waals surface area contributed by atoms with Gasteiger partial charge in [-0.25, -0.2) is 0 Å². The van der Waals surface area contributed by atoms with Crippen molar-refractivity contribution in [3.63, 3.8) is 0 Å². The molecule has 1 unspecified atom stereocenters. The highest BCUT2D eigenvalue weighted by Gasteiger charge is 2.28. The average molecular weight is 354 g/mol. The molecule has 21 heavy (non-hydrogen) atoms. The lowest BCUT2D eigenvalue weighted by molar-refractivity contribution is -0.118. The Morgan fingerprint density at radius 2 is 2.14 bits per heavy atom. The number of carbonyl (C=O) groups is 2. The van der Waals surface area contributed by atoms with E-state index < -0.39 is 0 Å². The van der Waals surface area contributed by atoms with E-state index in [4.69, 9.17) is 4.74 Å². The number of rotatable bonds is 4. The fraction of sp³-hybridized carbons (Fsp3) is 0.500. The van der Waals surface area contributed by atoms with Crippen molar-refractivity contribution in [1.82, 2.24) is 4.90 Å².